The highest BCUT2D eigenvalue weighted by molar-refractivity contribution is 9.10. The Kier molecular flexibility index (Phi) is 4.39. The second kappa shape index (κ2) is 5.59. The summed E-state index contributed by atoms with van der Waals surface area (Å²) in [5.41, 5.74) is 0. The van der Waals surface area contributed by atoms with Crippen molar-refractivity contribution in [3.05, 3.63) is 22.8 Å². The first-order valence-electron chi connectivity index (χ1n) is 4.15. The van der Waals surface area contributed by atoms with Gasteiger partial charge in [0.25, 0.3) is 0 Å². The second-order valence-corrected chi connectivity index (χ2v) is 3.41. The molecule has 76 valence electrons. The minimum atomic E-state index is -0.229. The summed E-state index contributed by atoms with van der Waals surface area (Å²) in [5, 5.41) is 3.01. The summed E-state index contributed by atoms with van der Waals surface area (Å²) in [6.45, 7) is 0.524. The van der Waals surface area contributed by atoms with Crippen LogP contribution in [0.5, 0.6) is 0 Å². The fourth-order valence-electron chi connectivity index (χ4n) is 0.901. The van der Waals surface area contributed by atoms with Gasteiger partial charge in [0.1, 0.15) is 10.4 Å². The number of ether oxygens (including phenoxy) is 1. The molecule has 1 aromatic rings. The zero-order valence-electron chi connectivity index (χ0n) is 7.79. The molecule has 0 fully saturated rings. The van der Waals surface area contributed by atoms with E-state index in [0.29, 0.717) is 13.0 Å². The predicted molar refractivity (Wildman–Crippen MR) is 57.1 cm³/mol. The van der Waals surface area contributed by atoms with Crippen LogP contribution < -0.4 is 5.32 Å². The van der Waals surface area contributed by atoms with Crippen LogP contribution in [0.25, 0.3) is 0 Å². The molecule has 1 N–H and O–H groups in total. The molecule has 14 heavy (non-hydrogen) atoms. The van der Waals surface area contributed by atoms with E-state index in [-0.39, 0.29) is 5.97 Å². The molecule has 1 aromatic heterocycles. The maximum atomic E-state index is 10.8. The van der Waals surface area contributed by atoms with Crippen molar-refractivity contribution in [1.29, 1.82) is 0 Å². The van der Waals surface area contributed by atoms with Crippen LogP contribution in [0.2, 0.25) is 0 Å². The Bertz CT molecular complexity index is 317. The molecule has 5 heteroatoms. The van der Waals surface area contributed by atoms with Gasteiger partial charge in [-0.25, -0.2) is 4.98 Å². The fourth-order valence-corrected chi connectivity index (χ4v) is 1.25. The Labute approximate surface area is 90.8 Å². The highest BCUT2D eigenvalue weighted by atomic mass is 79.9. The van der Waals surface area contributed by atoms with Crippen molar-refractivity contribution in [1.82, 2.24) is 4.98 Å². The zero-order valence-corrected chi connectivity index (χ0v) is 9.37. The van der Waals surface area contributed by atoms with Gasteiger partial charge in [-0.1, -0.05) is 6.07 Å². The molecule has 0 radical (unpaired) electrons. The van der Waals surface area contributed by atoms with E-state index in [1.54, 1.807) is 0 Å². The lowest BCUT2D eigenvalue weighted by Gasteiger charge is -2.04. The number of anilines is 1. The molecule has 0 saturated heterocycles. The first-order chi connectivity index (χ1) is 6.72. The van der Waals surface area contributed by atoms with Crippen LogP contribution in [0.3, 0.4) is 0 Å². The SMILES string of the molecule is COC(=O)CCNc1cccc(Br)n1. The standard InChI is InChI=1S/C9H11BrN2O2/c1-14-9(13)5-6-11-8-4-2-3-7(10)12-8/h2-4H,5-6H2,1H3,(H,11,12). The minimum Gasteiger partial charge on any atom is -0.469 e. The van der Waals surface area contributed by atoms with E-state index >= 15 is 0 Å². The molecule has 0 atom stereocenters. The number of carbonyl (C=O) groups excluding carboxylic acids is 1. The fraction of sp³-hybridized carbons (Fsp3) is 0.333. The highest BCUT2D eigenvalue weighted by Crippen LogP contribution is 2.09. The van der Waals surface area contributed by atoms with Crippen LogP contribution in [-0.4, -0.2) is 24.6 Å². The van der Waals surface area contributed by atoms with Crippen LogP contribution in [0.1, 0.15) is 6.42 Å². The average Bonchev–Trinajstić information content (AvgIpc) is 2.17. The third-order valence-corrected chi connectivity index (χ3v) is 2.02. The molecular formula is C9H11BrN2O2. The van der Waals surface area contributed by atoms with E-state index in [1.807, 2.05) is 18.2 Å². The Morgan fingerprint density at radius 1 is 1.64 bits per heavy atom. The number of pyridine rings is 1. The van der Waals surface area contributed by atoms with E-state index in [1.165, 1.54) is 7.11 Å². The van der Waals surface area contributed by atoms with Crippen molar-refractivity contribution in [3.8, 4) is 0 Å². The molecule has 0 aromatic carbocycles. The average molecular weight is 259 g/mol. The lowest BCUT2D eigenvalue weighted by molar-refractivity contribution is -0.140. The number of nitrogens with zero attached hydrogens (tertiary/aromatic N) is 1. The van der Waals surface area contributed by atoms with Crippen molar-refractivity contribution >= 4 is 27.7 Å². The normalized spacial score (nSPS) is 9.57. The van der Waals surface area contributed by atoms with E-state index in [9.17, 15) is 4.79 Å². The Morgan fingerprint density at radius 2 is 2.43 bits per heavy atom. The molecule has 0 amide bonds. The van der Waals surface area contributed by atoms with Gasteiger partial charge >= 0.3 is 5.97 Å². The molecule has 0 aliphatic carbocycles. The van der Waals surface area contributed by atoms with E-state index in [4.69, 9.17) is 0 Å². The zero-order chi connectivity index (χ0) is 10.4. The quantitative estimate of drug-likeness (QED) is 0.662. The number of carbonyl (C=O) groups is 1. The van der Waals surface area contributed by atoms with Gasteiger partial charge in [-0.2, -0.15) is 0 Å². The number of aromatic nitrogens is 1. The molecule has 0 bridgehead atoms. The van der Waals surface area contributed by atoms with Crippen LogP contribution in [0, 0.1) is 0 Å². The number of rotatable bonds is 4. The molecule has 0 aliphatic rings. The van der Waals surface area contributed by atoms with Crippen LogP contribution in [0.15, 0.2) is 22.8 Å². The summed E-state index contributed by atoms with van der Waals surface area (Å²) < 4.78 is 5.27. The third kappa shape index (κ3) is 3.74. The van der Waals surface area contributed by atoms with Crippen LogP contribution in [0.4, 0.5) is 5.82 Å². The van der Waals surface area contributed by atoms with Gasteiger partial charge in [-0.05, 0) is 28.1 Å². The Morgan fingerprint density at radius 3 is 3.07 bits per heavy atom. The number of esters is 1. The van der Waals surface area contributed by atoms with Crippen LogP contribution >= 0.6 is 15.9 Å². The maximum absolute atomic E-state index is 10.8. The van der Waals surface area contributed by atoms with Crippen molar-refractivity contribution in [3.63, 3.8) is 0 Å². The van der Waals surface area contributed by atoms with Crippen molar-refractivity contribution in [2.45, 2.75) is 6.42 Å². The van der Waals surface area contributed by atoms with Gasteiger partial charge in [-0.15, -0.1) is 0 Å². The van der Waals surface area contributed by atoms with Gasteiger partial charge in [0.05, 0.1) is 13.5 Å². The highest BCUT2D eigenvalue weighted by Gasteiger charge is 1.99. The van der Waals surface area contributed by atoms with E-state index in [0.717, 1.165) is 10.4 Å². The van der Waals surface area contributed by atoms with Gasteiger partial charge in [0.15, 0.2) is 0 Å². The number of hydrogen-bond donors (Lipinski definition) is 1. The molecule has 0 aliphatic heterocycles. The second-order valence-electron chi connectivity index (χ2n) is 2.60. The number of nitrogens with one attached hydrogen (secondary N) is 1. The topological polar surface area (TPSA) is 51.2 Å². The first kappa shape index (κ1) is 11.0. The smallest absolute Gasteiger partial charge is 0.307 e. The summed E-state index contributed by atoms with van der Waals surface area (Å²) in [5.74, 6) is 0.510. The third-order valence-electron chi connectivity index (χ3n) is 1.58. The van der Waals surface area contributed by atoms with Gasteiger partial charge in [0.2, 0.25) is 0 Å². The van der Waals surface area contributed by atoms with Gasteiger partial charge in [0, 0.05) is 6.54 Å². The molecule has 4 nitrogen and oxygen atoms in total. The van der Waals surface area contributed by atoms with Crippen molar-refractivity contribution in [2.24, 2.45) is 0 Å². The lowest BCUT2D eigenvalue weighted by Crippen LogP contribution is -2.10. The number of methoxy groups -OCH3 is 1. The van der Waals surface area contributed by atoms with Crippen LogP contribution in [-0.2, 0) is 9.53 Å². The summed E-state index contributed by atoms with van der Waals surface area (Å²) in [7, 11) is 1.37. The van der Waals surface area contributed by atoms with Gasteiger partial charge < -0.3 is 10.1 Å². The maximum Gasteiger partial charge on any atom is 0.307 e. The van der Waals surface area contributed by atoms with Crippen molar-refractivity contribution in [2.75, 3.05) is 19.0 Å². The molecule has 1 heterocycles. The van der Waals surface area contributed by atoms with Gasteiger partial charge in [-0.3, -0.25) is 4.79 Å². The molecule has 0 spiro atoms. The van der Waals surface area contributed by atoms with Crippen molar-refractivity contribution < 1.29 is 9.53 Å². The minimum absolute atomic E-state index is 0.229. The molecule has 0 saturated carbocycles. The van der Waals surface area contributed by atoms with E-state index < -0.39 is 0 Å². The van der Waals surface area contributed by atoms with E-state index in [2.05, 4.69) is 31.0 Å². The summed E-state index contributed by atoms with van der Waals surface area (Å²) in [4.78, 5) is 14.9. The summed E-state index contributed by atoms with van der Waals surface area (Å²) in [6, 6.07) is 5.55. The number of halogens is 1. The Hall–Kier alpha value is -1.10. The lowest BCUT2D eigenvalue weighted by atomic mass is 10.4. The summed E-state index contributed by atoms with van der Waals surface area (Å²) in [6.07, 6.45) is 0.338. The predicted octanol–water partition coefficient (Wildman–Crippen LogP) is 1.82. The molecule has 1 rings (SSSR count). The largest absolute Gasteiger partial charge is 0.469 e. The Balaban J connectivity index is 2.35. The monoisotopic (exact) mass is 258 g/mol. The first-order valence-corrected chi connectivity index (χ1v) is 4.95. The molecular weight excluding hydrogens is 248 g/mol. The molecule has 0 unspecified atom stereocenters. The summed E-state index contributed by atoms with van der Waals surface area (Å²) >= 11 is 3.25. The number of hydrogen-bond acceptors (Lipinski definition) is 4.